The van der Waals surface area contributed by atoms with Crippen LogP contribution in [0.4, 0.5) is 10.5 Å². The molecule has 3 rings (SSSR count). The van der Waals surface area contributed by atoms with Crippen LogP contribution in [0.2, 0.25) is 5.02 Å². The number of benzene rings is 1. The quantitative estimate of drug-likeness (QED) is 0.716. The van der Waals surface area contributed by atoms with Crippen molar-refractivity contribution in [1.29, 1.82) is 0 Å². The van der Waals surface area contributed by atoms with E-state index >= 15 is 0 Å². The van der Waals surface area contributed by atoms with Gasteiger partial charge in [0.2, 0.25) is 5.91 Å². The SMILES string of the molecule is CC(C)(C)OC(=O)NCCC(=O)N=C1S[C@@H]2CS(=O)(=O)C[C@H]2N1c1ccccc1Cl. The van der Waals surface area contributed by atoms with E-state index in [2.05, 4.69) is 10.3 Å². The van der Waals surface area contributed by atoms with E-state index in [0.29, 0.717) is 15.9 Å². The van der Waals surface area contributed by atoms with E-state index in [0.717, 1.165) is 0 Å². The van der Waals surface area contributed by atoms with Crippen molar-refractivity contribution >= 4 is 56.1 Å². The number of alkyl carbamates (subject to hydrolysis) is 1. The summed E-state index contributed by atoms with van der Waals surface area (Å²) in [5.41, 5.74) is -0.00255. The number of nitrogens with zero attached hydrogens (tertiary/aromatic N) is 2. The highest BCUT2D eigenvalue weighted by molar-refractivity contribution is 8.16. The predicted molar refractivity (Wildman–Crippen MR) is 119 cm³/mol. The van der Waals surface area contributed by atoms with Crippen molar-refractivity contribution in [3.8, 4) is 0 Å². The maximum absolute atomic E-state index is 12.4. The summed E-state index contributed by atoms with van der Waals surface area (Å²) >= 11 is 7.61. The van der Waals surface area contributed by atoms with Crippen molar-refractivity contribution in [3.05, 3.63) is 29.3 Å². The molecule has 0 saturated carbocycles. The van der Waals surface area contributed by atoms with Crippen LogP contribution in [0.15, 0.2) is 29.3 Å². The number of nitrogens with one attached hydrogen (secondary N) is 1. The highest BCUT2D eigenvalue weighted by Crippen LogP contribution is 2.42. The molecule has 1 N–H and O–H groups in total. The molecular formula is C19H24ClN3O5S2. The van der Waals surface area contributed by atoms with Crippen LogP contribution < -0.4 is 10.2 Å². The number of fused-ring (bicyclic) bond motifs is 1. The largest absolute Gasteiger partial charge is 0.444 e. The first kappa shape index (κ1) is 22.9. The van der Waals surface area contributed by atoms with Gasteiger partial charge >= 0.3 is 6.09 Å². The zero-order valence-electron chi connectivity index (χ0n) is 16.9. The molecule has 2 amide bonds. The molecule has 30 heavy (non-hydrogen) atoms. The number of rotatable bonds is 4. The third kappa shape index (κ3) is 5.67. The van der Waals surface area contributed by atoms with Gasteiger partial charge in [0.1, 0.15) is 5.60 Å². The van der Waals surface area contributed by atoms with Crippen molar-refractivity contribution in [2.75, 3.05) is 23.0 Å². The number of anilines is 1. The number of hydrogen-bond donors (Lipinski definition) is 1. The number of amides is 2. The maximum Gasteiger partial charge on any atom is 0.407 e. The van der Waals surface area contributed by atoms with Gasteiger partial charge in [0.25, 0.3) is 0 Å². The molecule has 1 aromatic carbocycles. The van der Waals surface area contributed by atoms with Crippen LogP contribution in [-0.2, 0) is 19.4 Å². The van der Waals surface area contributed by atoms with E-state index in [1.165, 1.54) is 11.8 Å². The Balaban J connectivity index is 1.72. The van der Waals surface area contributed by atoms with Crippen molar-refractivity contribution < 1.29 is 22.7 Å². The van der Waals surface area contributed by atoms with Crippen LogP contribution in [0, 0.1) is 0 Å². The van der Waals surface area contributed by atoms with Gasteiger partial charge in [-0.25, -0.2) is 13.2 Å². The summed E-state index contributed by atoms with van der Waals surface area (Å²) < 4.78 is 29.3. The standard InChI is InChI=1S/C19H24ClN3O5S2/c1-19(2,3)28-18(25)21-9-8-16(24)22-17-23(13-7-5-4-6-12(13)20)14-10-30(26,27)11-15(14)29-17/h4-7,14-15H,8-11H2,1-3H3,(H,21,25)/t14-,15-/m1/s1. The zero-order valence-corrected chi connectivity index (χ0v) is 19.3. The van der Waals surface area contributed by atoms with Gasteiger partial charge in [0, 0.05) is 18.2 Å². The Morgan fingerprint density at radius 1 is 1.30 bits per heavy atom. The molecule has 0 aromatic heterocycles. The second-order valence-electron chi connectivity index (χ2n) is 8.09. The zero-order chi connectivity index (χ0) is 22.1. The molecule has 2 aliphatic rings. The van der Waals surface area contributed by atoms with Gasteiger partial charge in [-0.15, -0.1) is 0 Å². The van der Waals surface area contributed by atoms with Crippen molar-refractivity contribution in [1.82, 2.24) is 5.32 Å². The third-order valence-corrected chi connectivity index (χ3v) is 7.94. The fourth-order valence-electron chi connectivity index (χ4n) is 3.24. The van der Waals surface area contributed by atoms with E-state index in [1.54, 1.807) is 49.9 Å². The molecule has 2 heterocycles. The Kier molecular flexibility index (Phi) is 6.69. The highest BCUT2D eigenvalue weighted by Gasteiger charge is 2.49. The second-order valence-corrected chi connectivity index (χ2v) is 11.9. The molecule has 0 unspecified atom stereocenters. The van der Waals surface area contributed by atoms with Crippen LogP contribution in [0.25, 0.3) is 0 Å². The molecule has 1 aromatic rings. The molecular weight excluding hydrogens is 450 g/mol. The topological polar surface area (TPSA) is 105 Å². The van der Waals surface area contributed by atoms with Gasteiger partial charge < -0.3 is 15.0 Å². The summed E-state index contributed by atoms with van der Waals surface area (Å²) in [5, 5.41) is 3.19. The van der Waals surface area contributed by atoms with Gasteiger partial charge in [-0.2, -0.15) is 4.99 Å². The molecule has 2 fully saturated rings. The number of amidine groups is 1. The summed E-state index contributed by atoms with van der Waals surface area (Å²) in [5.74, 6) is -0.395. The molecule has 0 radical (unpaired) electrons. The lowest BCUT2D eigenvalue weighted by Gasteiger charge is -2.25. The van der Waals surface area contributed by atoms with E-state index in [-0.39, 0.29) is 35.8 Å². The monoisotopic (exact) mass is 473 g/mol. The smallest absolute Gasteiger partial charge is 0.407 e. The summed E-state index contributed by atoms with van der Waals surface area (Å²) in [4.78, 5) is 30.0. The average Bonchev–Trinajstić information content (AvgIpc) is 3.05. The molecule has 2 saturated heterocycles. The lowest BCUT2D eigenvalue weighted by atomic mass is 10.2. The van der Waals surface area contributed by atoms with Crippen LogP contribution in [0.5, 0.6) is 0 Å². The molecule has 0 bridgehead atoms. The molecule has 0 spiro atoms. The first-order chi connectivity index (χ1) is 14.0. The van der Waals surface area contributed by atoms with Gasteiger partial charge in [0.15, 0.2) is 15.0 Å². The Morgan fingerprint density at radius 3 is 2.67 bits per heavy atom. The average molecular weight is 474 g/mol. The molecule has 2 atom stereocenters. The molecule has 2 aliphatic heterocycles. The molecule has 8 nitrogen and oxygen atoms in total. The van der Waals surface area contributed by atoms with Gasteiger partial charge in [0.05, 0.1) is 28.3 Å². The lowest BCUT2D eigenvalue weighted by Crippen LogP contribution is -2.38. The second kappa shape index (κ2) is 8.76. The maximum atomic E-state index is 12.4. The van der Waals surface area contributed by atoms with Crippen molar-refractivity contribution in [2.45, 2.75) is 44.1 Å². The number of hydrogen-bond acceptors (Lipinski definition) is 6. The fraction of sp³-hybridized carbons (Fsp3) is 0.526. The summed E-state index contributed by atoms with van der Waals surface area (Å²) in [7, 11) is -3.16. The lowest BCUT2D eigenvalue weighted by molar-refractivity contribution is -0.117. The number of carbonyl (C=O) groups is 2. The van der Waals surface area contributed by atoms with Crippen LogP contribution in [0.1, 0.15) is 27.2 Å². The summed E-state index contributed by atoms with van der Waals surface area (Å²) in [6.45, 7) is 5.34. The van der Waals surface area contributed by atoms with Gasteiger partial charge in [-0.1, -0.05) is 35.5 Å². The number of halogens is 1. The predicted octanol–water partition coefficient (Wildman–Crippen LogP) is 2.86. The van der Waals surface area contributed by atoms with Crippen LogP contribution >= 0.6 is 23.4 Å². The highest BCUT2D eigenvalue weighted by atomic mass is 35.5. The number of sulfone groups is 1. The van der Waals surface area contributed by atoms with Crippen molar-refractivity contribution in [3.63, 3.8) is 0 Å². The Hall–Kier alpha value is -1.78. The number of aliphatic imine (C=N–C) groups is 1. The number of para-hydroxylation sites is 1. The minimum Gasteiger partial charge on any atom is -0.444 e. The van der Waals surface area contributed by atoms with Crippen molar-refractivity contribution in [2.24, 2.45) is 4.99 Å². The minimum atomic E-state index is -3.16. The molecule has 11 heteroatoms. The minimum absolute atomic E-state index is 0.00665. The van der Waals surface area contributed by atoms with Crippen LogP contribution in [-0.4, -0.2) is 60.5 Å². The normalized spacial score (nSPS) is 24.0. The van der Waals surface area contributed by atoms with E-state index < -0.39 is 27.4 Å². The first-order valence-electron chi connectivity index (χ1n) is 9.44. The van der Waals surface area contributed by atoms with Gasteiger partial charge in [-0.05, 0) is 32.9 Å². The third-order valence-electron chi connectivity index (χ3n) is 4.41. The number of carbonyl (C=O) groups excluding carboxylic acids is 2. The van der Waals surface area contributed by atoms with E-state index in [4.69, 9.17) is 16.3 Å². The van der Waals surface area contributed by atoms with E-state index in [1.807, 2.05) is 0 Å². The Bertz CT molecular complexity index is 975. The molecule has 164 valence electrons. The Morgan fingerprint density at radius 2 is 2.00 bits per heavy atom. The fourth-order valence-corrected chi connectivity index (χ4v) is 7.39. The van der Waals surface area contributed by atoms with E-state index in [9.17, 15) is 18.0 Å². The Labute approximate surface area is 185 Å². The summed E-state index contributed by atoms with van der Waals surface area (Å²) in [6.07, 6.45) is -0.608. The number of thioether (sulfide) groups is 1. The summed E-state index contributed by atoms with van der Waals surface area (Å²) in [6, 6.07) is 6.74. The first-order valence-corrected chi connectivity index (χ1v) is 12.5. The number of ether oxygens (including phenoxy) is 1. The van der Waals surface area contributed by atoms with Gasteiger partial charge in [-0.3, -0.25) is 4.79 Å². The van der Waals surface area contributed by atoms with Crippen LogP contribution in [0.3, 0.4) is 0 Å². The molecule has 0 aliphatic carbocycles.